The lowest BCUT2D eigenvalue weighted by Gasteiger charge is -2.36. The Bertz CT molecular complexity index is 784. The minimum absolute atomic E-state index is 0.150. The van der Waals surface area contributed by atoms with Crippen LogP contribution in [0.5, 0.6) is 11.5 Å². The number of ether oxygens (including phenoxy) is 2. The highest BCUT2D eigenvalue weighted by atomic mass is 16.7. The van der Waals surface area contributed by atoms with Gasteiger partial charge in [-0.2, -0.15) is 0 Å². The first-order chi connectivity index (χ1) is 14.2. The van der Waals surface area contributed by atoms with Crippen molar-refractivity contribution in [3.05, 3.63) is 23.8 Å². The van der Waals surface area contributed by atoms with Crippen molar-refractivity contribution in [3.63, 3.8) is 0 Å². The maximum absolute atomic E-state index is 13.0. The number of nitrogens with zero attached hydrogens (tertiary/aromatic N) is 3. The molecule has 1 aliphatic carbocycles. The van der Waals surface area contributed by atoms with E-state index in [-0.39, 0.29) is 17.7 Å². The maximum atomic E-state index is 13.0. The molecule has 3 aliphatic heterocycles. The molecular formula is C22H29N3O4. The summed E-state index contributed by atoms with van der Waals surface area (Å²) in [7, 11) is 0. The molecule has 0 bridgehead atoms. The molecule has 29 heavy (non-hydrogen) atoms. The van der Waals surface area contributed by atoms with E-state index in [0.29, 0.717) is 25.8 Å². The highest BCUT2D eigenvalue weighted by Gasteiger charge is 2.40. The first kappa shape index (κ1) is 18.7. The number of likely N-dealkylation sites (tertiary alicyclic amines) is 1. The molecule has 7 nitrogen and oxygen atoms in total. The molecule has 0 unspecified atom stereocenters. The molecule has 2 amide bonds. The second-order valence-corrected chi connectivity index (χ2v) is 8.67. The molecular weight excluding hydrogens is 370 g/mol. The number of carbonyl (C=O) groups excluding carboxylic acids is 2. The average Bonchev–Trinajstić information content (AvgIpc) is 3.48. The first-order valence-corrected chi connectivity index (χ1v) is 10.9. The van der Waals surface area contributed by atoms with Crippen LogP contribution in [0.15, 0.2) is 18.2 Å². The van der Waals surface area contributed by atoms with Crippen molar-refractivity contribution in [2.24, 2.45) is 5.92 Å². The van der Waals surface area contributed by atoms with Crippen molar-refractivity contribution in [2.45, 2.75) is 44.7 Å². The number of hydrogen-bond donors (Lipinski definition) is 0. The molecule has 0 radical (unpaired) electrons. The number of fused-ring (bicyclic) bond motifs is 1. The van der Waals surface area contributed by atoms with E-state index in [1.807, 2.05) is 21.9 Å². The molecule has 0 aromatic heterocycles. The van der Waals surface area contributed by atoms with Crippen LogP contribution in [0.1, 0.15) is 37.7 Å². The highest BCUT2D eigenvalue weighted by Crippen LogP contribution is 2.33. The van der Waals surface area contributed by atoms with Crippen LogP contribution in [0, 0.1) is 5.92 Å². The van der Waals surface area contributed by atoms with Crippen LogP contribution in [0.2, 0.25) is 0 Å². The van der Waals surface area contributed by atoms with Gasteiger partial charge in [0, 0.05) is 51.7 Å². The van der Waals surface area contributed by atoms with Crippen molar-refractivity contribution in [1.82, 2.24) is 14.7 Å². The predicted molar refractivity (Wildman–Crippen MR) is 106 cm³/mol. The largest absolute Gasteiger partial charge is 0.454 e. The second kappa shape index (κ2) is 7.86. The van der Waals surface area contributed by atoms with Crippen LogP contribution in [-0.4, -0.2) is 72.1 Å². The molecule has 1 aromatic carbocycles. The molecule has 3 fully saturated rings. The summed E-state index contributed by atoms with van der Waals surface area (Å²) in [4.78, 5) is 31.7. The van der Waals surface area contributed by atoms with E-state index in [9.17, 15) is 9.59 Å². The van der Waals surface area contributed by atoms with Gasteiger partial charge >= 0.3 is 0 Å². The van der Waals surface area contributed by atoms with Crippen LogP contribution in [0.4, 0.5) is 0 Å². The van der Waals surface area contributed by atoms with Crippen LogP contribution >= 0.6 is 0 Å². The molecule has 0 spiro atoms. The summed E-state index contributed by atoms with van der Waals surface area (Å²) in [5.74, 6) is 1.82. The molecule has 5 rings (SSSR count). The van der Waals surface area contributed by atoms with Gasteiger partial charge in [-0.1, -0.05) is 18.9 Å². The molecule has 1 atom stereocenters. The van der Waals surface area contributed by atoms with E-state index in [4.69, 9.17) is 9.47 Å². The van der Waals surface area contributed by atoms with Crippen LogP contribution in [0.3, 0.4) is 0 Å². The van der Waals surface area contributed by atoms with Crippen LogP contribution < -0.4 is 9.47 Å². The minimum atomic E-state index is -0.150. The minimum Gasteiger partial charge on any atom is -0.454 e. The zero-order valence-electron chi connectivity index (χ0n) is 16.8. The Labute approximate surface area is 171 Å². The number of rotatable bonds is 4. The Balaban J connectivity index is 1.13. The molecule has 7 heteroatoms. The van der Waals surface area contributed by atoms with E-state index >= 15 is 0 Å². The fourth-order valence-electron chi connectivity index (χ4n) is 5.15. The number of benzene rings is 1. The van der Waals surface area contributed by atoms with Gasteiger partial charge in [-0.15, -0.1) is 0 Å². The van der Waals surface area contributed by atoms with Crippen LogP contribution in [-0.2, 0) is 16.1 Å². The van der Waals surface area contributed by atoms with Crippen molar-refractivity contribution in [1.29, 1.82) is 0 Å². The summed E-state index contributed by atoms with van der Waals surface area (Å²) in [5, 5.41) is 0. The van der Waals surface area contributed by atoms with Gasteiger partial charge in [-0.3, -0.25) is 14.5 Å². The lowest BCUT2D eigenvalue weighted by molar-refractivity contribution is -0.137. The van der Waals surface area contributed by atoms with Crippen LogP contribution in [0.25, 0.3) is 0 Å². The third kappa shape index (κ3) is 3.80. The molecule has 4 aliphatic rings. The zero-order chi connectivity index (χ0) is 19.8. The third-order valence-corrected chi connectivity index (χ3v) is 6.80. The molecule has 1 saturated carbocycles. The zero-order valence-corrected chi connectivity index (χ0v) is 16.8. The summed E-state index contributed by atoms with van der Waals surface area (Å²) in [6, 6.07) is 6.46. The number of piperazine rings is 1. The highest BCUT2D eigenvalue weighted by molar-refractivity contribution is 5.89. The van der Waals surface area contributed by atoms with Crippen molar-refractivity contribution < 1.29 is 19.1 Å². The molecule has 3 heterocycles. The van der Waals surface area contributed by atoms with Gasteiger partial charge in [-0.05, 0) is 30.5 Å². The van der Waals surface area contributed by atoms with E-state index in [1.54, 1.807) is 0 Å². The molecule has 1 aromatic rings. The summed E-state index contributed by atoms with van der Waals surface area (Å²) in [6.45, 7) is 4.94. The van der Waals surface area contributed by atoms with E-state index in [0.717, 1.165) is 57.1 Å². The van der Waals surface area contributed by atoms with Gasteiger partial charge in [0.2, 0.25) is 18.6 Å². The quantitative estimate of drug-likeness (QED) is 0.773. The van der Waals surface area contributed by atoms with Gasteiger partial charge in [0.15, 0.2) is 11.5 Å². The third-order valence-electron chi connectivity index (χ3n) is 6.80. The molecule has 0 N–H and O–H groups in total. The standard InChI is InChI=1S/C22H29N3O4/c26-21-12-17(14-25(21)18-3-1-2-4-18)22(27)24-9-7-23(8-10-24)13-16-5-6-19-20(11-16)29-15-28-19/h5-6,11,17-18H,1-4,7-10,12-15H2/t17-/m1/s1. The lowest BCUT2D eigenvalue weighted by Crippen LogP contribution is -2.50. The monoisotopic (exact) mass is 399 g/mol. The van der Waals surface area contributed by atoms with Gasteiger partial charge in [0.05, 0.1) is 5.92 Å². The number of hydrogen-bond acceptors (Lipinski definition) is 5. The van der Waals surface area contributed by atoms with Crippen molar-refractivity contribution >= 4 is 11.8 Å². The Morgan fingerprint density at radius 2 is 1.79 bits per heavy atom. The maximum Gasteiger partial charge on any atom is 0.231 e. The van der Waals surface area contributed by atoms with Gasteiger partial charge in [-0.25, -0.2) is 0 Å². The number of amides is 2. The second-order valence-electron chi connectivity index (χ2n) is 8.67. The van der Waals surface area contributed by atoms with E-state index in [1.165, 1.54) is 18.4 Å². The summed E-state index contributed by atoms with van der Waals surface area (Å²) >= 11 is 0. The first-order valence-electron chi connectivity index (χ1n) is 10.9. The Kier molecular flexibility index (Phi) is 5.08. The number of carbonyl (C=O) groups is 2. The Hall–Kier alpha value is -2.28. The molecule has 156 valence electrons. The molecule has 2 saturated heterocycles. The Morgan fingerprint density at radius 1 is 1.03 bits per heavy atom. The summed E-state index contributed by atoms with van der Waals surface area (Å²) in [6.07, 6.45) is 5.01. The normalized spacial score (nSPS) is 25.2. The SMILES string of the molecule is O=C([C@@H]1CC(=O)N(C2CCCC2)C1)N1CCN(Cc2ccc3c(c2)OCO3)CC1. The fourth-order valence-corrected chi connectivity index (χ4v) is 5.15. The summed E-state index contributed by atoms with van der Waals surface area (Å²) in [5.41, 5.74) is 1.20. The Morgan fingerprint density at radius 3 is 2.59 bits per heavy atom. The fraction of sp³-hybridized carbons (Fsp3) is 0.636. The van der Waals surface area contributed by atoms with Crippen molar-refractivity contribution in [3.8, 4) is 11.5 Å². The topological polar surface area (TPSA) is 62.3 Å². The summed E-state index contributed by atoms with van der Waals surface area (Å²) < 4.78 is 10.8. The van der Waals surface area contributed by atoms with E-state index < -0.39 is 0 Å². The smallest absolute Gasteiger partial charge is 0.231 e. The predicted octanol–water partition coefficient (Wildman–Crippen LogP) is 1.85. The average molecular weight is 399 g/mol. The van der Waals surface area contributed by atoms with Gasteiger partial charge < -0.3 is 19.3 Å². The van der Waals surface area contributed by atoms with Gasteiger partial charge in [0.1, 0.15) is 0 Å². The lowest BCUT2D eigenvalue weighted by atomic mass is 10.1. The van der Waals surface area contributed by atoms with E-state index in [2.05, 4.69) is 11.0 Å². The van der Waals surface area contributed by atoms with Crippen molar-refractivity contribution in [2.75, 3.05) is 39.5 Å². The van der Waals surface area contributed by atoms with Gasteiger partial charge in [0.25, 0.3) is 0 Å².